The number of nitrogens with one attached hydrogen (secondary N) is 3. The van der Waals surface area contributed by atoms with Crippen LogP contribution in [0.5, 0.6) is 0 Å². The molecule has 3 N–H and O–H groups in total. The fraction of sp³-hybridized carbons (Fsp3) is 0.483. The summed E-state index contributed by atoms with van der Waals surface area (Å²) in [6.45, 7) is 7.70. The van der Waals surface area contributed by atoms with Gasteiger partial charge in [-0.3, -0.25) is 0 Å². The number of rotatable bonds is 9. The number of aromatic nitrogens is 2. The number of nitrogens with zero attached hydrogens (tertiary/aromatic N) is 2. The summed E-state index contributed by atoms with van der Waals surface area (Å²) in [4.78, 5) is 22.2. The number of esters is 1. The van der Waals surface area contributed by atoms with Crippen molar-refractivity contribution in [2.75, 3.05) is 23.8 Å². The molecule has 0 unspecified atom stereocenters. The highest BCUT2D eigenvalue weighted by Crippen LogP contribution is 2.30. The van der Waals surface area contributed by atoms with Crippen molar-refractivity contribution in [3.63, 3.8) is 0 Å². The Hall–Kier alpha value is -3.23. The molecule has 3 aromatic rings. The number of carbonyl (C=O) groups excluding carboxylic acids is 1. The molecule has 196 valence electrons. The van der Waals surface area contributed by atoms with Gasteiger partial charge in [0, 0.05) is 35.1 Å². The smallest absolute Gasteiger partial charge is 0.338 e. The van der Waals surface area contributed by atoms with Crippen LogP contribution in [0.25, 0.3) is 10.8 Å². The van der Waals surface area contributed by atoms with Gasteiger partial charge in [-0.25, -0.2) is 14.8 Å². The average Bonchev–Trinajstić information content (AvgIpc) is 2.87. The van der Waals surface area contributed by atoms with Gasteiger partial charge in [0.1, 0.15) is 17.7 Å². The first-order valence-electron chi connectivity index (χ1n) is 13.4. The second-order valence-electron chi connectivity index (χ2n) is 10.5. The lowest BCUT2D eigenvalue weighted by Gasteiger charge is -2.35. The van der Waals surface area contributed by atoms with Crippen molar-refractivity contribution in [3.05, 3.63) is 59.9 Å². The quantitative estimate of drug-likeness (QED) is 0.348. The van der Waals surface area contributed by atoms with Crippen LogP contribution in [0.1, 0.15) is 68.6 Å². The van der Waals surface area contributed by atoms with Crippen LogP contribution in [0.2, 0.25) is 0 Å². The number of hydrogen-bond donors (Lipinski definition) is 3. The van der Waals surface area contributed by atoms with Crippen LogP contribution in [0.4, 0.5) is 11.6 Å². The highest BCUT2D eigenvalue weighted by molar-refractivity contribution is 5.94. The molecule has 1 saturated carbocycles. The predicted octanol–water partition coefficient (Wildman–Crippen LogP) is 5.08. The summed E-state index contributed by atoms with van der Waals surface area (Å²) in [5.74, 6) is 1.27. The number of ether oxygens (including phenoxy) is 2. The van der Waals surface area contributed by atoms with Gasteiger partial charge >= 0.3 is 5.97 Å². The number of fused-ring (bicyclic) bond motifs is 1. The van der Waals surface area contributed by atoms with E-state index in [0.717, 1.165) is 61.3 Å². The third-order valence-electron chi connectivity index (χ3n) is 7.06. The zero-order valence-corrected chi connectivity index (χ0v) is 21.9. The third-order valence-corrected chi connectivity index (χ3v) is 7.06. The van der Waals surface area contributed by atoms with Crippen molar-refractivity contribution in [2.45, 2.75) is 76.7 Å². The van der Waals surface area contributed by atoms with Crippen molar-refractivity contribution in [1.29, 1.82) is 0 Å². The minimum atomic E-state index is -0.502. The maximum absolute atomic E-state index is 12.6. The second kappa shape index (κ2) is 11.4. The Bertz CT molecular complexity index is 1210. The molecule has 0 bridgehead atoms. The number of benzene rings is 1. The Morgan fingerprint density at radius 1 is 1.00 bits per heavy atom. The summed E-state index contributed by atoms with van der Waals surface area (Å²) in [7, 11) is 0. The van der Waals surface area contributed by atoms with Gasteiger partial charge in [0.25, 0.3) is 0 Å². The van der Waals surface area contributed by atoms with Crippen LogP contribution < -0.4 is 16.0 Å². The highest BCUT2D eigenvalue weighted by atomic mass is 16.5. The van der Waals surface area contributed by atoms with Crippen molar-refractivity contribution in [3.8, 4) is 0 Å². The Kier molecular flexibility index (Phi) is 7.86. The summed E-state index contributed by atoms with van der Waals surface area (Å²) < 4.78 is 11.0. The summed E-state index contributed by atoms with van der Waals surface area (Å²) in [5, 5.41) is 12.8. The van der Waals surface area contributed by atoms with Gasteiger partial charge < -0.3 is 25.4 Å². The van der Waals surface area contributed by atoms with E-state index in [-0.39, 0.29) is 12.0 Å². The van der Waals surface area contributed by atoms with Crippen LogP contribution in [0, 0.1) is 0 Å². The Balaban J connectivity index is 1.29. The molecule has 1 atom stereocenters. The molecule has 2 aromatic heterocycles. The average molecular weight is 504 g/mol. The molecular weight excluding hydrogens is 466 g/mol. The van der Waals surface area contributed by atoms with E-state index in [1.54, 1.807) is 12.1 Å². The van der Waals surface area contributed by atoms with Gasteiger partial charge in [-0.2, -0.15) is 0 Å². The maximum atomic E-state index is 12.6. The van der Waals surface area contributed by atoms with Gasteiger partial charge in [-0.15, -0.1) is 0 Å². The predicted molar refractivity (Wildman–Crippen MR) is 146 cm³/mol. The molecule has 2 aliphatic rings. The maximum Gasteiger partial charge on any atom is 0.338 e. The standard InChI is InChI=1S/C29H37N5O3/c1-18(2)31-28-25-14-27(33-23-11-9-22(10-12-23)32-24-16-36-17-24)30-15-21(25)13-26(34-28)19(3)37-29(35)20-7-5-4-6-8-20/h4-8,13-15,18-19,22-24,32H,9-12,16-17H2,1-3H3,(H,30,33)(H,31,34)/t19-,22?,23?/m1/s1. The van der Waals surface area contributed by atoms with E-state index in [1.165, 1.54) is 0 Å². The second-order valence-corrected chi connectivity index (χ2v) is 10.5. The molecule has 0 radical (unpaired) electrons. The Labute approximate surface area is 218 Å². The zero-order chi connectivity index (χ0) is 25.8. The van der Waals surface area contributed by atoms with E-state index in [2.05, 4.69) is 35.9 Å². The molecule has 8 heteroatoms. The first-order valence-corrected chi connectivity index (χ1v) is 13.4. The van der Waals surface area contributed by atoms with Gasteiger partial charge in [-0.1, -0.05) is 18.2 Å². The monoisotopic (exact) mass is 503 g/mol. The van der Waals surface area contributed by atoms with Gasteiger partial charge in [0.05, 0.1) is 30.5 Å². The van der Waals surface area contributed by atoms with E-state index in [4.69, 9.17) is 19.4 Å². The molecule has 1 saturated heterocycles. The molecule has 0 spiro atoms. The minimum Gasteiger partial charge on any atom is -0.453 e. The summed E-state index contributed by atoms with van der Waals surface area (Å²) in [6, 6.07) is 14.8. The molecule has 1 aliphatic heterocycles. The molecule has 1 aromatic carbocycles. The summed E-state index contributed by atoms with van der Waals surface area (Å²) in [6.07, 6.45) is 5.92. The number of anilines is 2. The van der Waals surface area contributed by atoms with Crippen molar-refractivity contribution < 1.29 is 14.3 Å². The Morgan fingerprint density at radius 2 is 1.73 bits per heavy atom. The minimum absolute atomic E-state index is 0.196. The SMILES string of the molecule is CC(C)Nc1nc([C@@H](C)OC(=O)c2ccccc2)cc2cnc(NC3CCC(NC4COC4)CC3)cc12. The van der Waals surface area contributed by atoms with E-state index in [0.29, 0.717) is 29.4 Å². The number of carbonyl (C=O) groups is 1. The topological polar surface area (TPSA) is 97.4 Å². The van der Waals surface area contributed by atoms with Crippen LogP contribution in [-0.4, -0.2) is 53.3 Å². The zero-order valence-electron chi connectivity index (χ0n) is 21.9. The van der Waals surface area contributed by atoms with E-state index < -0.39 is 6.10 Å². The van der Waals surface area contributed by atoms with E-state index >= 15 is 0 Å². The van der Waals surface area contributed by atoms with Crippen molar-refractivity contribution in [2.24, 2.45) is 0 Å². The highest BCUT2D eigenvalue weighted by Gasteiger charge is 2.26. The molecule has 0 amide bonds. The van der Waals surface area contributed by atoms with Gasteiger partial charge in [0.2, 0.25) is 0 Å². The lowest BCUT2D eigenvalue weighted by Crippen LogP contribution is -2.51. The van der Waals surface area contributed by atoms with Gasteiger partial charge in [0.15, 0.2) is 0 Å². The molecule has 5 rings (SSSR count). The van der Waals surface area contributed by atoms with E-state index in [9.17, 15) is 4.79 Å². The summed E-state index contributed by atoms with van der Waals surface area (Å²) in [5.41, 5.74) is 1.21. The molecular formula is C29H37N5O3. The van der Waals surface area contributed by atoms with Gasteiger partial charge in [-0.05, 0) is 70.7 Å². The van der Waals surface area contributed by atoms with Crippen LogP contribution in [0.3, 0.4) is 0 Å². The number of pyridine rings is 2. The largest absolute Gasteiger partial charge is 0.453 e. The molecule has 1 aliphatic carbocycles. The Morgan fingerprint density at radius 3 is 2.41 bits per heavy atom. The summed E-state index contributed by atoms with van der Waals surface area (Å²) >= 11 is 0. The van der Waals surface area contributed by atoms with Crippen LogP contribution >= 0.6 is 0 Å². The van der Waals surface area contributed by atoms with Crippen LogP contribution in [0.15, 0.2) is 48.7 Å². The number of hydrogen-bond acceptors (Lipinski definition) is 8. The van der Waals surface area contributed by atoms with Crippen molar-refractivity contribution in [1.82, 2.24) is 15.3 Å². The molecule has 2 fully saturated rings. The fourth-order valence-electron chi connectivity index (χ4n) is 4.98. The first-order chi connectivity index (χ1) is 17.9. The third kappa shape index (κ3) is 6.37. The van der Waals surface area contributed by atoms with E-state index in [1.807, 2.05) is 37.4 Å². The molecule has 3 heterocycles. The van der Waals surface area contributed by atoms with Crippen molar-refractivity contribution >= 4 is 28.4 Å². The normalized spacial score (nSPS) is 20.9. The molecule has 37 heavy (non-hydrogen) atoms. The lowest BCUT2D eigenvalue weighted by atomic mass is 9.90. The van der Waals surface area contributed by atoms with Crippen LogP contribution in [-0.2, 0) is 9.47 Å². The fourth-order valence-corrected chi connectivity index (χ4v) is 4.98. The first kappa shape index (κ1) is 25.4. The molecule has 8 nitrogen and oxygen atoms in total. The lowest BCUT2D eigenvalue weighted by molar-refractivity contribution is -0.0120.